The smallest absolute Gasteiger partial charge is 0.191 e. The summed E-state index contributed by atoms with van der Waals surface area (Å²) in [5.74, 6) is 2.62. The van der Waals surface area contributed by atoms with Crippen LogP contribution in [0.25, 0.3) is 11.3 Å². The molecule has 3 aromatic rings. The lowest BCUT2D eigenvalue weighted by atomic mass is 10.2. The molecular formula is C23H31IN6O. The van der Waals surface area contributed by atoms with Gasteiger partial charge in [-0.3, -0.25) is 4.90 Å². The van der Waals surface area contributed by atoms with E-state index in [1.54, 1.807) is 6.26 Å². The maximum atomic E-state index is 5.72. The van der Waals surface area contributed by atoms with Crippen molar-refractivity contribution in [1.82, 2.24) is 25.5 Å². The number of imidazole rings is 1. The Hall–Kier alpha value is -2.33. The van der Waals surface area contributed by atoms with Crippen molar-refractivity contribution in [3.8, 4) is 11.3 Å². The van der Waals surface area contributed by atoms with Gasteiger partial charge < -0.3 is 20.0 Å². The molecule has 4 rings (SSSR count). The zero-order valence-corrected chi connectivity index (χ0v) is 20.2. The van der Waals surface area contributed by atoms with Crippen LogP contribution in [0.4, 0.5) is 0 Å². The summed E-state index contributed by atoms with van der Waals surface area (Å²) in [6.07, 6.45) is 6.10. The van der Waals surface area contributed by atoms with Crippen LogP contribution in [0, 0.1) is 0 Å². The van der Waals surface area contributed by atoms with Crippen LogP contribution in [-0.4, -0.2) is 47.0 Å². The fraction of sp³-hybridized carbons (Fsp3) is 0.391. The second-order valence-corrected chi connectivity index (χ2v) is 7.46. The molecule has 7 nitrogen and oxygen atoms in total. The van der Waals surface area contributed by atoms with Crippen molar-refractivity contribution in [2.75, 3.05) is 26.2 Å². The van der Waals surface area contributed by atoms with Crippen LogP contribution >= 0.6 is 24.0 Å². The molecule has 0 aliphatic carbocycles. The Kier molecular flexibility index (Phi) is 8.96. The third kappa shape index (κ3) is 6.33. The van der Waals surface area contributed by atoms with Gasteiger partial charge in [-0.15, -0.1) is 24.0 Å². The molecule has 1 aromatic carbocycles. The topological polar surface area (TPSA) is 81.5 Å². The van der Waals surface area contributed by atoms with Gasteiger partial charge in [0.05, 0.1) is 24.2 Å². The Morgan fingerprint density at radius 1 is 1.16 bits per heavy atom. The normalized spacial score (nSPS) is 15.5. The van der Waals surface area contributed by atoms with Gasteiger partial charge in [0.1, 0.15) is 18.1 Å². The number of aromatic amines is 1. The predicted octanol–water partition coefficient (Wildman–Crippen LogP) is 4.18. The van der Waals surface area contributed by atoms with E-state index in [1.807, 2.05) is 30.5 Å². The molecule has 166 valence electrons. The minimum absolute atomic E-state index is 0. The van der Waals surface area contributed by atoms with Gasteiger partial charge in [0.15, 0.2) is 5.96 Å². The number of hydrogen-bond acceptors (Lipinski definition) is 4. The zero-order valence-electron chi connectivity index (χ0n) is 17.9. The SMILES string of the molecule is CCNC(=NCc1ncc(-c2ccccc2)[nH]1)NCC(c1ccco1)N1CCCC1.I. The second-order valence-electron chi connectivity index (χ2n) is 7.46. The summed E-state index contributed by atoms with van der Waals surface area (Å²) < 4.78 is 5.72. The minimum atomic E-state index is 0. The fourth-order valence-corrected chi connectivity index (χ4v) is 3.84. The van der Waals surface area contributed by atoms with E-state index in [4.69, 9.17) is 9.41 Å². The van der Waals surface area contributed by atoms with E-state index in [2.05, 4.69) is 50.6 Å². The minimum Gasteiger partial charge on any atom is -0.468 e. The number of nitrogens with zero attached hydrogens (tertiary/aromatic N) is 3. The first-order valence-electron chi connectivity index (χ1n) is 10.7. The Morgan fingerprint density at radius 3 is 2.68 bits per heavy atom. The second kappa shape index (κ2) is 11.9. The summed E-state index contributed by atoms with van der Waals surface area (Å²) in [4.78, 5) is 15.0. The van der Waals surface area contributed by atoms with Crippen LogP contribution in [-0.2, 0) is 6.54 Å². The van der Waals surface area contributed by atoms with E-state index >= 15 is 0 Å². The van der Waals surface area contributed by atoms with Crippen LogP contribution in [0.1, 0.15) is 37.4 Å². The van der Waals surface area contributed by atoms with E-state index in [0.717, 1.165) is 55.0 Å². The van der Waals surface area contributed by atoms with Crippen molar-refractivity contribution in [1.29, 1.82) is 0 Å². The van der Waals surface area contributed by atoms with Gasteiger partial charge in [-0.25, -0.2) is 9.98 Å². The third-order valence-electron chi connectivity index (χ3n) is 5.36. The Balaban J connectivity index is 0.00000272. The molecule has 3 N–H and O–H groups in total. The number of nitrogens with one attached hydrogen (secondary N) is 3. The van der Waals surface area contributed by atoms with Crippen molar-refractivity contribution in [2.45, 2.75) is 32.4 Å². The van der Waals surface area contributed by atoms with Crippen molar-refractivity contribution in [3.05, 3.63) is 66.5 Å². The number of guanidine groups is 1. The summed E-state index contributed by atoms with van der Waals surface area (Å²) >= 11 is 0. The van der Waals surface area contributed by atoms with Gasteiger partial charge in [0, 0.05) is 13.1 Å². The average molecular weight is 534 g/mol. The highest BCUT2D eigenvalue weighted by Crippen LogP contribution is 2.24. The van der Waals surface area contributed by atoms with Gasteiger partial charge in [-0.2, -0.15) is 0 Å². The number of rotatable bonds is 8. The van der Waals surface area contributed by atoms with Crippen LogP contribution in [0.5, 0.6) is 0 Å². The number of aromatic nitrogens is 2. The molecule has 1 unspecified atom stereocenters. The summed E-state index contributed by atoms with van der Waals surface area (Å²) in [6.45, 7) is 6.31. The molecule has 0 bridgehead atoms. The predicted molar refractivity (Wildman–Crippen MR) is 135 cm³/mol. The molecule has 1 atom stereocenters. The number of halogens is 1. The molecule has 1 fully saturated rings. The lowest BCUT2D eigenvalue weighted by Gasteiger charge is -2.26. The molecule has 8 heteroatoms. The maximum Gasteiger partial charge on any atom is 0.191 e. The van der Waals surface area contributed by atoms with Crippen molar-refractivity contribution in [2.24, 2.45) is 4.99 Å². The van der Waals surface area contributed by atoms with E-state index < -0.39 is 0 Å². The summed E-state index contributed by atoms with van der Waals surface area (Å²) in [5.41, 5.74) is 2.13. The lowest BCUT2D eigenvalue weighted by molar-refractivity contribution is 0.215. The highest BCUT2D eigenvalue weighted by atomic mass is 127. The van der Waals surface area contributed by atoms with Crippen LogP contribution in [0.3, 0.4) is 0 Å². The number of benzene rings is 1. The molecule has 2 aromatic heterocycles. The molecule has 0 saturated carbocycles. The quantitative estimate of drug-likeness (QED) is 0.230. The number of likely N-dealkylation sites (tertiary alicyclic amines) is 1. The third-order valence-corrected chi connectivity index (χ3v) is 5.36. The maximum absolute atomic E-state index is 5.72. The molecule has 0 radical (unpaired) electrons. The number of furan rings is 1. The monoisotopic (exact) mass is 534 g/mol. The number of hydrogen-bond donors (Lipinski definition) is 3. The van der Waals surface area contributed by atoms with E-state index in [1.165, 1.54) is 12.8 Å². The van der Waals surface area contributed by atoms with E-state index in [9.17, 15) is 0 Å². The van der Waals surface area contributed by atoms with Gasteiger partial charge in [-0.05, 0) is 50.6 Å². The first-order valence-corrected chi connectivity index (χ1v) is 10.7. The van der Waals surface area contributed by atoms with Crippen LogP contribution < -0.4 is 10.6 Å². The molecular weight excluding hydrogens is 503 g/mol. The zero-order chi connectivity index (χ0) is 20.6. The molecule has 31 heavy (non-hydrogen) atoms. The molecule has 3 heterocycles. The van der Waals surface area contributed by atoms with Crippen molar-refractivity contribution in [3.63, 3.8) is 0 Å². The van der Waals surface area contributed by atoms with E-state index in [0.29, 0.717) is 6.54 Å². The first kappa shape index (κ1) is 23.3. The molecule has 1 aliphatic heterocycles. The highest BCUT2D eigenvalue weighted by molar-refractivity contribution is 14.0. The Morgan fingerprint density at radius 2 is 1.97 bits per heavy atom. The van der Waals surface area contributed by atoms with Crippen molar-refractivity contribution < 1.29 is 4.42 Å². The lowest BCUT2D eigenvalue weighted by Crippen LogP contribution is -2.42. The fourth-order valence-electron chi connectivity index (χ4n) is 3.84. The molecule has 0 spiro atoms. The van der Waals surface area contributed by atoms with Crippen LogP contribution in [0.15, 0.2) is 64.3 Å². The summed E-state index contributed by atoms with van der Waals surface area (Å²) in [6, 6.07) is 14.4. The van der Waals surface area contributed by atoms with E-state index in [-0.39, 0.29) is 30.0 Å². The number of H-pyrrole nitrogens is 1. The molecule has 0 amide bonds. The Labute approximate surface area is 200 Å². The standard InChI is InChI=1S/C23H30N6O.HI/c1-2-24-23(26-16-20(21-11-8-14-30-21)29-12-6-7-13-29)27-17-22-25-15-19(28-22)18-9-4-3-5-10-18;/h3-5,8-11,14-15,20H,2,6-7,12-13,16-17H2,1H3,(H,25,28)(H2,24,26,27);1H. The van der Waals surface area contributed by atoms with Gasteiger partial charge in [0.25, 0.3) is 0 Å². The van der Waals surface area contributed by atoms with Crippen LogP contribution in [0.2, 0.25) is 0 Å². The highest BCUT2D eigenvalue weighted by Gasteiger charge is 2.25. The summed E-state index contributed by atoms with van der Waals surface area (Å²) in [5, 5.41) is 6.82. The first-order chi connectivity index (χ1) is 14.8. The van der Waals surface area contributed by atoms with Gasteiger partial charge in [-0.1, -0.05) is 30.3 Å². The number of aliphatic imine (C=N–C) groups is 1. The Bertz CT molecular complexity index is 919. The van der Waals surface area contributed by atoms with Gasteiger partial charge in [0.2, 0.25) is 0 Å². The molecule has 1 aliphatic rings. The largest absolute Gasteiger partial charge is 0.468 e. The summed E-state index contributed by atoms with van der Waals surface area (Å²) in [7, 11) is 0. The average Bonchev–Trinajstić information content (AvgIpc) is 3.56. The molecule has 1 saturated heterocycles. The van der Waals surface area contributed by atoms with Crippen molar-refractivity contribution >= 4 is 29.9 Å². The van der Waals surface area contributed by atoms with Gasteiger partial charge >= 0.3 is 0 Å².